The van der Waals surface area contributed by atoms with Gasteiger partial charge < -0.3 is 10.4 Å². The SMILES string of the molecule is CC1CCCC(NCc2ccc(C(=O)O)cn2)C1. The minimum atomic E-state index is -0.928. The van der Waals surface area contributed by atoms with Gasteiger partial charge in [0.1, 0.15) is 0 Å². The average Bonchev–Trinajstić information content (AvgIpc) is 2.37. The molecule has 1 aliphatic carbocycles. The molecule has 18 heavy (non-hydrogen) atoms. The maximum atomic E-state index is 10.7. The molecular weight excluding hydrogens is 228 g/mol. The van der Waals surface area contributed by atoms with Crippen LogP contribution in [0.4, 0.5) is 0 Å². The molecular formula is C14H20N2O2. The molecule has 1 aliphatic rings. The quantitative estimate of drug-likeness (QED) is 0.859. The van der Waals surface area contributed by atoms with Crippen LogP contribution in [0.3, 0.4) is 0 Å². The Morgan fingerprint density at radius 3 is 2.94 bits per heavy atom. The van der Waals surface area contributed by atoms with Crippen molar-refractivity contribution in [3.63, 3.8) is 0 Å². The molecule has 4 heteroatoms. The highest BCUT2D eigenvalue weighted by atomic mass is 16.4. The lowest BCUT2D eigenvalue weighted by Crippen LogP contribution is -2.33. The smallest absolute Gasteiger partial charge is 0.337 e. The predicted octanol–water partition coefficient (Wildman–Crippen LogP) is 2.45. The van der Waals surface area contributed by atoms with E-state index in [2.05, 4.69) is 17.2 Å². The van der Waals surface area contributed by atoms with Gasteiger partial charge >= 0.3 is 5.97 Å². The third kappa shape index (κ3) is 3.53. The summed E-state index contributed by atoms with van der Waals surface area (Å²) in [5, 5.41) is 12.3. The van der Waals surface area contributed by atoms with Crippen LogP contribution in [0.15, 0.2) is 18.3 Å². The number of pyridine rings is 1. The zero-order chi connectivity index (χ0) is 13.0. The Morgan fingerprint density at radius 2 is 2.33 bits per heavy atom. The van der Waals surface area contributed by atoms with Crippen molar-refractivity contribution in [1.82, 2.24) is 10.3 Å². The summed E-state index contributed by atoms with van der Waals surface area (Å²) >= 11 is 0. The molecule has 2 atom stereocenters. The van der Waals surface area contributed by atoms with Crippen LogP contribution in [0.2, 0.25) is 0 Å². The summed E-state index contributed by atoms with van der Waals surface area (Å²) in [5.41, 5.74) is 1.14. The first kappa shape index (κ1) is 13.0. The molecule has 1 saturated carbocycles. The summed E-state index contributed by atoms with van der Waals surface area (Å²) in [6.45, 7) is 3.02. The molecule has 0 spiro atoms. The topological polar surface area (TPSA) is 62.2 Å². The fourth-order valence-electron chi connectivity index (χ4n) is 2.52. The van der Waals surface area contributed by atoms with Gasteiger partial charge in [-0.1, -0.05) is 19.8 Å². The number of carboxylic acid groups (broad SMARTS) is 1. The van der Waals surface area contributed by atoms with Crippen LogP contribution in [0, 0.1) is 5.92 Å². The van der Waals surface area contributed by atoms with Gasteiger partial charge in [0.05, 0.1) is 11.3 Å². The number of rotatable bonds is 4. The zero-order valence-corrected chi connectivity index (χ0v) is 10.7. The van der Waals surface area contributed by atoms with Crippen LogP contribution in [0.25, 0.3) is 0 Å². The number of nitrogens with one attached hydrogen (secondary N) is 1. The second kappa shape index (κ2) is 5.96. The first-order valence-corrected chi connectivity index (χ1v) is 6.57. The van der Waals surface area contributed by atoms with Crippen LogP contribution in [0.1, 0.15) is 48.7 Å². The molecule has 0 amide bonds. The highest BCUT2D eigenvalue weighted by Gasteiger charge is 2.18. The minimum absolute atomic E-state index is 0.241. The van der Waals surface area contributed by atoms with Crippen LogP contribution in [-0.2, 0) is 6.54 Å². The minimum Gasteiger partial charge on any atom is -0.478 e. The Morgan fingerprint density at radius 1 is 1.50 bits per heavy atom. The van der Waals surface area contributed by atoms with Gasteiger partial charge in [-0.15, -0.1) is 0 Å². The maximum Gasteiger partial charge on any atom is 0.337 e. The largest absolute Gasteiger partial charge is 0.478 e. The summed E-state index contributed by atoms with van der Waals surface area (Å²) in [4.78, 5) is 14.9. The molecule has 1 aromatic heterocycles. The molecule has 98 valence electrons. The molecule has 2 rings (SSSR count). The summed E-state index contributed by atoms with van der Waals surface area (Å²) in [5.74, 6) is -0.123. The first-order valence-electron chi connectivity index (χ1n) is 6.57. The normalized spacial score (nSPS) is 23.8. The fraction of sp³-hybridized carbons (Fsp3) is 0.571. The van der Waals surface area contributed by atoms with Gasteiger partial charge in [-0.3, -0.25) is 4.98 Å². The predicted molar refractivity (Wildman–Crippen MR) is 69.5 cm³/mol. The van der Waals surface area contributed by atoms with E-state index in [0.717, 1.165) is 18.2 Å². The molecule has 0 aromatic carbocycles. The van der Waals surface area contributed by atoms with E-state index >= 15 is 0 Å². The van der Waals surface area contributed by atoms with E-state index in [-0.39, 0.29) is 5.56 Å². The Hall–Kier alpha value is -1.42. The second-order valence-electron chi connectivity index (χ2n) is 5.19. The molecule has 1 fully saturated rings. The number of carbonyl (C=O) groups is 1. The summed E-state index contributed by atoms with van der Waals surface area (Å²) in [7, 11) is 0. The molecule has 2 N–H and O–H groups in total. The Balaban J connectivity index is 1.84. The molecule has 0 radical (unpaired) electrons. The fourth-order valence-corrected chi connectivity index (χ4v) is 2.52. The highest BCUT2D eigenvalue weighted by Crippen LogP contribution is 2.23. The van der Waals surface area contributed by atoms with E-state index < -0.39 is 5.97 Å². The molecule has 0 aliphatic heterocycles. The van der Waals surface area contributed by atoms with Crippen LogP contribution in [0.5, 0.6) is 0 Å². The molecule has 0 bridgehead atoms. The van der Waals surface area contributed by atoms with E-state index in [1.54, 1.807) is 12.1 Å². The van der Waals surface area contributed by atoms with Crippen molar-refractivity contribution in [2.24, 2.45) is 5.92 Å². The van der Waals surface area contributed by atoms with Crippen molar-refractivity contribution >= 4 is 5.97 Å². The third-order valence-corrected chi connectivity index (χ3v) is 3.58. The molecule has 1 heterocycles. The van der Waals surface area contributed by atoms with Gasteiger partial charge in [0.25, 0.3) is 0 Å². The zero-order valence-electron chi connectivity index (χ0n) is 10.7. The number of nitrogens with zero attached hydrogens (tertiary/aromatic N) is 1. The van der Waals surface area contributed by atoms with Gasteiger partial charge in [0, 0.05) is 18.8 Å². The summed E-state index contributed by atoms with van der Waals surface area (Å²) < 4.78 is 0. The number of aromatic nitrogens is 1. The molecule has 4 nitrogen and oxygen atoms in total. The molecule has 2 unspecified atom stereocenters. The highest BCUT2D eigenvalue weighted by molar-refractivity contribution is 5.87. The summed E-state index contributed by atoms with van der Waals surface area (Å²) in [6.07, 6.45) is 6.52. The van der Waals surface area contributed by atoms with Gasteiger partial charge in [-0.2, -0.15) is 0 Å². The van der Waals surface area contributed by atoms with Crippen LogP contribution < -0.4 is 5.32 Å². The Labute approximate surface area is 107 Å². The van der Waals surface area contributed by atoms with Crippen molar-refractivity contribution in [1.29, 1.82) is 0 Å². The van der Waals surface area contributed by atoms with Gasteiger partial charge in [0.15, 0.2) is 0 Å². The van der Waals surface area contributed by atoms with Crippen molar-refractivity contribution in [2.75, 3.05) is 0 Å². The van der Waals surface area contributed by atoms with E-state index in [9.17, 15) is 4.79 Å². The lowest BCUT2D eigenvalue weighted by molar-refractivity contribution is 0.0696. The Bertz CT molecular complexity index is 403. The van der Waals surface area contributed by atoms with E-state index in [4.69, 9.17) is 5.11 Å². The number of hydrogen-bond acceptors (Lipinski definition) is 3. The Kier molecular flexibility index (Phi) is 4.31. The van der Waals surface area contributed by atoms with Crippen LogP contribution in [-0.4, -0.2) is 22.1 Å². The number of hydrogen-bond donors (Lipinski definition) is 2. The second-order valence-corrected chi connectivity index (χ2v) is 5.19. The van der Waals surface area contributed by atoms with Crippen molar-refractivity contribution in [2.45, 2.75) is 45.2 Å². The third-order valence-electron chi connectivity index (χ3n) is 3.58. The van der Waals surface area contributed by atoms with Gasteiger partial charge in [0.2, 0.25) is 0 Å². The van der Waals surface area contributed by atoms with E-state index in [0.29, 0.717) is 6.04 Å². The number of carboxylic acids is 1. The first-order chi connectivity index (χ1) is 8.65. The van der Waals surface area contributed by atoms with Gasteiger partial charge in [-0.25, -0.2) is 4.79 Å². The van der Waals surface area contributed by atoms with E-state index in [1.807, 2.05) is 0 Å². The lowest BCUT2D eigenvalue weighted by atomic mass is 9.87. The number of aromatic carboxylic acids is 1. The van der Waals surface area contributed by atoms with E-state index in [1.165, 1.54) is 31.9 Å². The standard InChI is InChI=1S/C14H20N2O2/c1-10-3-2-4-12(7-10)16-9-13-6-5-11(8-15-13)14(17)18/h5-6,8,10,12,16H,2-4,7,9H2,1H3,(H,17,18). The lowest BCUT2D eigenvalue weighted by Gasteiger charge is -2.27. The monoisotopic (exact) mass is 248 g/mol. The average molecular weight is 248 g/mol. The van der Waals surface area contributed by atoms with Crippen molar-refractivity contribution in [3.05, 3.63) is 29.6 Å². The molecule has 1 aromatic rings. The maximum absolute atomic E-state index is 10.7. The van der Waals surface area contributed by atoms with Crippen LogP contribution >= 0.6 is 0 Å². The van der Waals surface area contributed by atoms with Gasteiger partial charge in [-0.05, 0) is 30.9 Å². The van der Waals surface area contributed by atoms with Crippen molar-refractivity contribution < 1.29 is 9.90 Å². The van der Waals surface area contributed by atoms with Crippen molar-refractivity contribution in [3.8, 4) is 0 Å². The molecule has 0 saturated heterocycles. The summed E-state index contributed by atoms with van der Waals surface area (Å²) in [6, 6.07) is 3.97.